The maximum absolute atomic E-state index is 11.7. The molecule has 1 aromatic carbocycles. The predicted molar refractivity (Wildman–Crippen MR) is 75.8 cm³/mol. The molecular weight excluding hydrogens is 312 g/mol. The van der Waals surface area contributed by atoms with Crippen LogP contribution in [0, 0.1) is 0 Å². The molecule has 0 aromatic heterocycles. The van der Waals surface area contributed by atoms with E-state index in [1.165, 1.54) is 38.1 Å². The molecule has 0 unspecified atom stereocenters. The summed E-state index contributed by atoms with van der Waals surface area (Å²) in [7, 11) is -3.78. The quantitative estimate of drug-likeness (QED) is 0.470. The zero-order chi connectivity index (χ0) is 16.5. The largest absolute Gasteiger partial charge is 0.419 e. The molecule has 1 aliphatic rings. The Hall–Kier alpha value is -2.39. The maximum atomic E-state index is 11.7. The summed E-state index contributed by atoms with van der Waals surface area (Å²) in [6.45, 7) is 2.89. The summed E-state index contributed by atoms with van der Waals surface area (Å²) in [5, 5.41) is 7.66. The fraction of sp³-hybridized carbons (Fsp3) is 0.231. The average molecular weight is 326 g/mol. The predicted octanol–water partition coefficient (Wildman–Crippen LogP) is 0.466. The fourth-order valence-electron chi connectivity index (χ4n) is 1.67. The third kappa shape index (κ3) is 3.62. The summed E-state index contributed by atoms with van der Waals surface area (Å²) in [4.78, 5) is 23.3. The summed E-state index contributed by atoms with van der Waals surface area (Å²) in [5.41, 5.74) is 0.153. The third-order valence-electron chi connectivity index (χ3n) is 2.68. The summed E-state index contributed by atoms with van der Waals surface area (Å²) in [6, 6.07) is 5.44. The molecule has 0 atom stereocenters. The summed E-state index contributed by atoms with van der Waals surface area (Å²) in [5.74, 6) is -2.92. The normalized spacial score (nSPS) is 17.5. The molecule has 0 radical (unpaired) electrons. The highest BCUT2D eigenvalue weighted by Crippen LogP contribution is 2.22. The maximum Gasteiger partial charge on any atom is 0.350 e. The first-order valence-electron chi connectivity index (χ1n) is 6.15. The molecule has 3 N–H and O–H groups in total. The van der Waals surface area contributed by atoms with Crippen molar-refractivity contribution in [1.82, 2.24) is 0 Å². The first kappa shape index (κ1) is 16.0. The smallest absolute Gasteiger partial charge is 0.350 e. The van der Waals surface area contributed by atoms with Crippen LogP contribution in [0.3, 0.4) is 0 Å². The lowest BCUT2D eigenvalue weighted by atomic mass is 10.2. The molecule has 0 amide bonds. The number of nitrogens with two attached hydrogens (primary N) is 1. The highest BCUT2D eigenvalue weighted by atomic mass is 32.2. The summed E-state index contributed by atoms with van der Waals surface area (Å²) >= 11 is 0. The SMILES string of the molecule is CC1(C)OC(=O)C(=CNc2ccc(S(N)(=O)=O)cc2)C(=O)O1. The van der Waals surface area contributed by atoms with Crippen LogP contribution in [0.15, 0.2) is 40.9 Å². The number of benzene rings is 1. The van der Waals surface area contributed by atoms with Crippen molar-refractivity contribution in [1.29, 1.82) is 0 Å². The van der Waals surface area contributed by atoms with Crippen molar-refractivity contribution < 1.29 is 27.5 Å². The second kappa shape index (κ2) is 5.43. The van der Waals surface area contributed by atoms with Crippen LogP contribution in [0.4, 0.5) is 5.69 Å². The minimum absolute atomic E-state index is 0.0519. The number of ether oxygens (including phenoxy) is 2. The number of rotatable bonds is 3. The number of nitrogens with one attached hydrogen (secondary N) is 1. The van der Waals surface area contributed by atoms with Gasteiger partial charge in [-0.15, -0.1) is 0 Å². The molecule has 9 heteroatoms. The van der Waals surface area contributed by atoms with E-state index in [-0.39, 0.29) is 10.5 Å². The van der Waals surface area contributed by atoms with E-state index in [9.17, 15) is 18.0 Å². The van der Waals surface area contributed by atoms with Gasteiger partial charge in [-0.3, -0.25) is 0 Å². The van der Waals surface area contributed by atoms with E-state index in [1.807, 2.05) is 0 Å². The van der Waals surface area contributed by atoms with Gasteiger partial charge in [0.2, 0.25) is 10.0 Å². The number of carbonyl (C=O) groups excluding carboxylic acids is 2. The molecule has 1 heterocycles. The molecule has 2 rings (SSSR count). The number of carbonyl (C=O) groups is 2. The van der Waals surface area contributed by atoms with Gasteiger partial charge in [-0.1, -0.05) is 0 Å². The Morgan fingerprint density at radius 3 is 2.05 bits per heavy atom. The van der Waals surface area contributed by atoms with E-state index in [2.05, 4.69) is 5.32 Å². The first-order valence-corrected chi connectivity index (χ1v) is 7.69. The number of anilines is 1. The van der Waals surface area contributed by atoms with E-state index >= 15 is 0 Å². The van der Waals surface area contributed by atoms with Gasteiger partial charge < -0.3 is 14.8 Å². The van der Waals surface area contributed by atoms with Gasteiger partial charge in [-0.25, -0.2) is 23.1 Å². The van der Waals surface area contributed by atoms with Gasteiger partial charge in [0.15, 0.2) is 5.57 Å². The lowest BCUT2D eigenvalue weighted by molar-refractivity contribution is -0.222. The lowest BCUT2D eigenvalue weighted by Gasteiger charge is -2.29. The molecule has 0 spiro atoms. The van der Waals surface area contributed by atoms with E-state index < -0.39 is 27.7 Å². The van der Waals surface area contributed by atoms with Crippen LogP contribution in [0.2, 0.25) is 0 Å². The topological polar surface area (TPSA) is 125 Å². The third-order valence-corrected chi connectivity index (χ3v) is 3.61. The number of esters is 2. The molecule has 0 aliphatic carbocycles. The first-order chi connectivity index (χ1) is 10.1. The molecule has 118 valence electrons. The molecule has 8 nitrogen and oxygen atoms in total. The van der Waals surface area contributed by atoms with Crippen molar-refractivity contribution in [2.24, 2.45) is 5.14 Å². The van der Waals surface area contributed by atoms with Gasteiger partial charge in [0, 0.05) is 25.7 Å². The number of hydrogen-bond acceptors (Lipinski definition) is 7. The van der Waals surface area contributed by atoms with Crippen LogP contribution >= 0.6 is 0 Å². The molecular formula is C13H14N2O6S. The molecule has 1 saturated heterocycles. The van der Waals surface area contributed by atoms with E-state index in [4.69, 9.17) is 14.6 Å². The van der Waals surface area contributed by atoms with Crippen molar-refractivity contribution in [3.63, 3.8) is 0 Å². The van der Waals surface area contributed by atoms with Crippen LogP contribution in [0.5, 0.6) is 0 Å². The van der Waals surface area contributed by atoms with Crippen LogP contribution in [-0.4, -0.2) is 26.1 Å². The van der Waals surface area contributed by atoms with Gasteiger partial charge in [0.1, 0.15) is 0 Å². The van der Waals surface area contributed by atoms with Crippen molar-refractivity contribution in [2.75, 3.05) is 5.32 Å². The van der Waals surface area contributed by atoms with Gasteiger partial charge >= 0.3 is 11.9 Å². The molecule has 22 heavy (non-hydrogen) atoms. The minimum atomic E-state index is -3.78. The minimum Gasteiger partial charge on any atom is -0.419 e. The number of sulfonamides is 1. The van der Waals surface area contributed by atoms with Crippen LogP contribution in [0.1, 0.15) is 13.8 Å². The Morgan fingerprint density at radius 2 is 1.59 bits per heavy atom. The van der Waals surface area contributed by atoms with Crippen molar-refractivity contribution in [3.05, 3.63) is 36.0 Å². The van der Waals surface area contributed by atoms with Gasteiger partial charge in [0.25, 0.3) is 5.79 Å². The van der Waals surface area contributed by atoms with Crippen molar-refractivity contribution in [2.45, 2.75) is 24.5 Å². The van der Waals surface area contributed by atoms with Crippen LogP contribution in [0.25, 0.3) is 0 Å². The Balaban J connectivity index is 2.15. The van der Waals surface area contributed by atoms with Crippen molar-refractivity contribution in [3.8, 4) is 0 Å². The van der Waals surface area contributed by atoms with E-state index in [1.54, 1.807) is 0 Å². The summed E-state index contributed by atoms with van der Waals surface area (Å²) in [6.07, 6.45) is 1.13. The monoisotopic (exact) mass is 326 g/mol. The highest BCUT2D eigenvalue weighted by Gasteiger charge is 2.38. The Bertz CT molecular complexity index is 727. The zero-order valence-corrected chi connectivity index (χ0v) is 12.6. The highest BCUT2D eigenvalue weighted by molar-refractivity contribution is 7.89. The number of primary sulfonamides is 1. The molecule has 1 aromatic rings. The van der Waals surface area contributed by atoms with Gasteiger partial charge in [-0.05, 0) is 24.3 Å². The Labute approximate surface area is 126 Å². The van der Waals surface area contributed by atoms with Gasteiger partial charge in [-0.2, -0.15) is 0 Å². The molecule has 1 fully saturated rings. The molecule has 0 bridgehead atoms. The fourth-order valence-corrected chi connectivity index (χ4v) is 2.19. The van der Waals surface area contributed by atoms with E-state index in [0.717, 1.165) is 6.20 Å². The number of hydrogen-bond donors (Lipinski definition) is 2. The van der Waals surface area contributed by atoms with Crippen molar-refractivity contribution >= 4 is 27.6 Å². The number of cyclic esters (lactones) is 2. The van der Waals surface area contributed by atoms with Crippen LogP contribution in [-0.2, 0) is 29.1 Å². The molecule has 0 saturated carbocycles. The zero-order valence-electron chi connectivity index (χ0n) is 11.8. The average Bonchev–Trinajstić information content (AvgIpc) is 2.35. The van der Waals surface area contributed by atoms with Crippen LogP contribution < -0.4 is 10.5 Å². The second-order valence-electron chi connectivity index (χ2n) is 4.95. The molecule has 1 aliphatic heterocycles. The van der Waals surface area contributed by atoms with E-state index in [0.29, 0.717) is 5.69 Å². The Morgan fingerprint density at radius 1 is 1.09 bits per heavy atom. The Kier molecular flexibility index (Phi) is 3.94. The summed E-state index contributed by atoms with van der Waals surface area (Å²) < 4.78 is 32.1. The van der Waals surface area contributed by atoms with Gasteiger partial charge in [0.05, 0.1) is 4.90 Å². The lowest BCUT2D eigenvalue weighted by Crippen LogP contribution is -2.42. The second-order valence-corrected chi connectivity index (χ2v) is 6.51. The standard InChI is InChI=1S/C13H14N2O6S/c1-13(2)20-11(16)10(12(17)21-13)7-15-8-3-5-9(6-4-8)22(14,18)19/h3-7,15H,1-2H3,(H2,14,18,19).